The monoisotopic (exact) mass is 418 g/mol. The molecule has 0 aliphatic rings. The van der Waals surface area contributed by atoms with Crippen molar-refractivity contribution >= 4 is 55.1 Å². The van der Waals surface area contributed by atoms with E-state index in [-0.39, 0.29) is 5.91 Å². The Labute approximate surface area is 139 Å². The van der Waals surface area contributed by atoms with Gasteiger partial charge in [-0.05, 0) is 62.5 Å². The number of anilines is 1. The molecule has 0 unspecified atom stereocenters. The maximum atomic E-state index is 12.4. The predicted octanol–water partition coefficient (Wildman–Crippen LogP) is 5.33. The van der Waals surface area contributed by atoms with Gasteiger partial charge in [-0.15, -0.1) is 0 Å². The Morgan fingerprint density at radius 1 is 1.35 bits per heavy atom. The summed E-state index contributed by atoms with van der Waals surface area (Å²) in [5.74, 6) is -0.160. The maximum absolute atomic E-state index is 12.4. The highest BCUT2D eigenvalue weighted by Crippen LogP contribution is 2.27. The largest absolute Gasteiger partial charge is 0.342 e. The van der Waals surface area contributed by atoms with E-state index in [0.717, 1.165) is 21.9 Å². The molecule has 2 aromatic rings. The van der Waals surface area contributed by atoms with Gasteiger partial charge in [-0.25, -0.2) is 0 Å². The second-order valence-corrected chi connectivity index (χ2v) is 6.52. The minimum absolute atomic E-state index is 0.160. The number of halogens is 3. The summed E-state index contributed by atoms with van der Waals surface area (Å²) in [5, 5.41) is 3.44. The van der Waals surface area contributed by atoms with Crippen LogP contribution in [0.25, 0.3) is 0 Å². The molecule has 106 valence electrons. The number of amides is 1. The highest BCUT2D eigenvalue weighted by atomic mass is 79.9. The molecule has 6 heteroatoms. The van der Waals surface area contributed by atoms with Crippen LogP contribution in [0.3, 0.4) is 0 Å². The Morgan fingerprint density at radius 2 is 2.10 bits per heavy atom. The molecule has 0 atom stereocenters. The molecular formula is C14H13Br2ClN2O. The van der Waals surface area contributed by atoms with E-state index in [9.17, 15) is 4.79 Å². The number of hydrogen-bond donors (Lipinski definition) is 1. The Bertz CT molecular complexity index is 640. The third-order valence-corrected chi connectivity index (χ3v) is 4.10. The molecule has 2 rings (SSSR count). The average Bonchev–Trinajstić information content (AvgIpc) is 2.75. The Balaban J connectivity index is 2.26. The molecule has 0 spiro atoms. The van der Waals surface area contributed by atoms with Gasteiger partial charge in [-0.3, -0.25) is 4.79 Å². The lowest BCUT2D eigenvalue weighted by atomic mass is 10.3. The zero-order valence-electron chi connectivity index (χ0n) is 10.8. The summed E-state index contributed by atoms with van der Waals surface area (Å²) < 4.78 is 3.61. The number of rotatable bonds is 4. The smallest absolute Gasteiger partial charge is 0.272 e. The second-order valence-electron chi connectivity index (χ2n) is 4.32. The first kappa shape index (κ1) is 15.6. The van der Waals surface area contributed by atoms with Crippen LogP contribution in [0.15, 0.2) is 39.4 Å². The normalized spacial score (nSPS) is 10.6. The van der Waals surface area contributed by atoms with Crippen LogP contribution >= 0.6 is 43.5 Å². The van der Waals surface area contributed by atoms with Crippen LogP contribution in [0.5, 0.6) is 0 Å². The van der Waals surface area contributed by atoms with Gasteiger partial charge in [0.2, 0.25) is 0 Å². The van der Waals surface area contributed by atoms with E-state index in [4.69, 9.17) is 11.6 Å². The Hall–Kier alpha value is -0.780. The van der Waals surface area contributed by atoms with Crippen molar-refractivity contribution in [2.24, 2.45) is 0 Å². The van der Waals surface area contributed by atoms with Gasteiger partial charge in [-0.1, -0.05) is 18.5 Å². The second kappa shape index (κ2) is 6.78. The van der Waals surface area contributed by atoms with Gasteiger partial charge in [0, 0.05) is 26.7 Å². The highest BCUT2D eigenvalue weighted by Gasteiger charge is 2.14. The van der Waals surface area contributed by atoms with E-state index in [2.05, 4.69) is 44.1 Å². The molecule has 0 radical (unpaired) electrons. The standard InChI is InChI=1S/C14H13Br2ClN2O/c1-2-5-19-8-9(15)6-13(19)14(20)18-12-7-10(17)3-4-11(12)16/h3-4,6-8H,2,5H2,1H3,(H,18,20). The van der Waals surface area contributed by atoms with E-state index in [1.807, 2.05) is 16.8 Å². The van der Waals surface area contributed by atoms with Crippen LogP contribution in [0, 0.1) is 0 Å². The number of benzene rings is 1. The van der Waals surface area contributed by atoms with Crippen molar-refractivity contribution in [3.63, 3.8) is 0 Å². The zero-order valence-corrected chi connectivity index (χ0v) is 14.7. The zero-order chi connectivity index (χ0) is 14.7. The van der Waals surface area contributed by atoms with Gasteiger partial charge >= 0.3 is 0 Å². The van der Waals surface area contributed by atoms with Crippen molar-refractivity contribution in [2.45, 2.75) is 19.9 Å². The summed E-state index contributed by atoms with van der Waals surface area (Å²) in [6.07, 6.45) is 2.87. The summed E-state index contributed by atoms with van der Waals surface area (Å²) in [7, 11) is 0. The lowest BCUT2D eigenvalue weighted by molar-refractivity contribution is 0.101. The molecule has 3 nitrogen and oxygen atoms in total. The van der Waals surface area contributed by atoms with Crippen molar-refractivity contribution in [1.29, 1.82) is 0 Å². The van der Waals surface area contributed by atoms with Crippen LogP contribution in [0.4, 0.5) is 5.69 Å². The van der Waals surface area contributed by atoms with Crippen molar-refractivity contribution < 1.29 is 4.79 Å². The van der Waals surface area contributed by atoms with Crippen molar-refractivity contribution in [3.8, 4) is 0 Å². The third kappa shape index (κ3) is 3.65. The summed E-state index contributed by atoms with van der Waals surface area (Å²) >= 11 is 12.7. The SMILES string of the molecule is CCCn1cc(Br)cc1C(=O)Nc1cc(Cl)ccc1Br. The molecule has 0 fully saturated rings. The molecule has 1 aromatic carbocycles. The van der Waals surface area contributed by atoms with Gasteiger partial charge in [0.05, 0.1) is 5.69 Å². The minimum Gasteiger partial charge on any atom is -0.342 e. The lowest BCUT2D eigenvalue weighted by Gasteiger charge is -2.10. The molecule has 1 N–H and O–H groups in total. The molecule has 0 saturated heterocycles. The summed E-state index contributed by atoms with van der Waals surface area (Å²) in [6.45, 7) is 2.87. The molecule has 1 amide bonds. The van der Waals surface area contributed by atoms with Gasteiger partial charge in [0.15, 0.2) is 0 Å². The van der Waals surface area contributed by atoms with Crippen LogP contribution in [-0.4, -0.2) is 10.5 Å². The fourth-order valence-corrected chi connectivity index (χ4v) is 2.85. The molecule has 0 bridgehead atoms. The summed E-state index contributed by atoms with van der Waals surface area (Å²) in [5.41, 5.74) is 1.27. The van der Waals surface area contributed by atoms with Crippen LogP contribution in [-0.2, 0) is 6.54 Å². The molecule has 0 aliphatic heterocycles. The predicted molar refractivity (Wildman–Crippen MR) is 89.5 cm³/mol. The molecule has 1 aromatic heterocycles. The van der Waals surface area contributed by atoms with E-state index >= 15 is 0 Å². The molecule has 1 heterocycles. The van der Waals surface area contributed by atoms with Gasteiger partial charge in [0.1, 0.15) is 5.69 Å². The summed E-state index contributed by atoms with van der Waals surface area (Å²) in [6, 6.07) is 7.09. The fraction of sp³-hybridized carbons (Fsp3) is 0.214. The first-order valence-corrected chi connectivity index (χ1v) is 8.09. The fourth-order valence-electron chi connectivity index (χ4n) is 1.87. The average molecular weight is 421 g/mol. The van der Waals surface area contributed by atoms with Crippen LogP contribution in [0.1, 0.15) is 23.8 Å². The third-order valence-electron chi connectivity index (χ3n) is 2.74. The van der Waals surface area contributed by atoms with Gasteiger partial charge < -0.3 is 9.88 Å². The number of hydrogen-bond acceptors (Lipinski definition) is 1. The molecule has 0 saturated carbocycles. The maximum Gasteiger partial charge on any atom is 0.272 e. The summed E-state index contributed by atoms with van der Waals surface area (Å²) in [4.78, 5) is 12.4. The van der Waals surface area contributed by atoms with Crippen LogP contribution in [0.2, 0.25) is 5.02 Å². The topological polar surface area (TPSA) is 34.0 Å². The van der Waals surface area contributed by atoms with Crippen molar-refractivity contribution in [2.75, 3.05) is 5.32 Å². The van der Waals surface area contributed by atoms with Crippen molar-refractivity contribution in [3.05, 3.63) is 50.1 Å². The number of carbonyl (C=O) groups excluding carboxylic acids is 1. The van der Waals surface area contributed by atoms with Gasteiger partial charge in [-0.2, -0.15) is 0 Å². The van der Waals surface area contributed by atoms with Crippen molar-refractivity contribution in [1.82, 2.24) is 4.57 Å². The lowest BCUT2D eigenvalue weighted by Crippen LogP contribution is -2.17. The number of aromatic nitrogens is 1. The highest BCUT2D eigenvalue weighted by molar-refractivity contribution is 9.10. The molecule has 0 aliphatic carbocycles. The quantitative estimate of drug-likeness (QED) is 0.713. The first-order chi connectivity index (χ1) is 9.51. The van der Waals surface area contributed by atoms with Gasteiger partial charge in [0.25, 0.3) is 5.91 Å². The van der Waals surface area contributed by atoms with E-state index in [1.165, 1.54) is 0 Å². The van der Waals surface area contributed by atoms with E-state index < -0.39 is 0 Å². The Kier molecular flexibility index (Phi) is 5.29. The molecule has 20 heavy (non-hydrogen) atoms. The number of nitrogens with one attached hydrogen (secondary N) is 1. The van der Waals surface area contributed by atoms with E-state index in [0.29, 0.717) is 16.4 Å². The first-order valence-electron chi connectivity index (χ1n) is 6.13. The van der Waals surface area contributed by atoms with Crippen LogP contribution < -0.4 is 5.32 Å². The number of aryl methyl sites for hydroxylation is 1. The molecular weight excluding hydrogens is 407 g/mol. The number of carbonyl (C=O) groups is 1. The Morgan fingerprint density at radius 3 is 2.80 bits per heavy atom. The minimum atomic E-state index is -0.160. The number of nitrogens with zero attached hydrogens (tertiary/aromatic N) is 1. The van der Waals surface area contributed by atoms with E-state index in [1.54, 1.807) is 18.2 Å².